The minimum atomic E-state index is -1.18. The lowest BCUT2D eigenvalue weighted by Crippen LogP contribution is -2.69. The van der Waals surface area contributed by atoms with Crippen molar-refractivity contribution in [3.8, 4) is 22.8 Å². The van der Waals surface area contributed by atoms with Crippen molar-refractivity contribution >= 4 is 11.8 Å². The highest BCUT2D eigenvalue weighted by molar-refractivity contribution is 5.72. The Hall–Kier alpha value is -3.64. The van der Waals surface area contributed by atoms with E-state index in [0.29, 0.717) is 35.8 Å². The monoisotopic (exact) mass is 581 g/mol. The van der Waals surface area contributed by atoms with E-state index >= 15 is 4.39 Å². The van der Waals surface area contributed by atoms with Crippen molar-refractivity contribution in [1.82, 2.24) is 29.6 Å². The molecule has 2 aromatic heterocycles. The summed E-state index contributed by atoms with van der Waals surface area (Å²) in [6, 6.07) is 4.82. The number of ether oxygens (including phenoxy) is 3. The van der Waals surface area contributed by atoms with E-state index in [1.165, 1.54) is 0 Å². The molecule has 2 aliphatic rings. The molecule has 4 atom stereocenters. The third-order valence-electron chi connectivity index (χ3n) is 8.16. The lowest BCUT2D eigenvalue weighted by atomic mass is 9.72. The summed E-state index contributed by atoms with van der Waals surface area (Å²) in [5.41, 5.74) is 0.584. The molecule has 2 fully saturated rings. The molecule has 0 saturated carbocycles. The summed E-state index contributed by atoms with van der Waals surface area (Å²) >= 11 is 0. The number of imidazole rings is 1. The van der Waals surface area contributed by atoms with Crippen LogP contribution < -0.4 is 9.64 Å². The fourth-order valence-electron chi connectivity index (χ4n) is 6.17. The summed E-state index contributed by atoms with van der Waals surface area (Å²) in [6.07, 6.45) is 8.70. The number of anilines is 1. The van der Waals surface area contributed by atoms with Crippen molar-refractivity contribution < 1.29 is 23.4 Å². The molecule has 2 aliphatic heterocycles. The number of halogens is 1. The molecule has 0 radical (unpaired) electrons. The van der Waals surface area contributed by atoms with Gasteiger partial charge in [0, 0.05) is 44.2 Å². The molecule has 5 rings (SSSR count). The van der Waals surface area contributed by atoms with Gasteiger partial charge in [0.1, 0.15) is 17.5 Å². The number of aromatic nitrogens is 5. The average molecular weight is 582 g/mol. The van der Waals surface area contributed by atoms with Crippen molar-refractivity contribution in [3.63, 3.8) is 0 Å². The Kier molecular flexibility index (Phi) is 8.47. The van der Waals surface area contributed by atoms with E-state index in [-0.39, 0.29) is 30.9 Å². The van der Waals surface area contributed by atoms with Crippen molar-refractivity contribution in [2.45, 2.75) is 82.8 Å². The lowest BCUT2D eigenvalue weighted by molar-refractivity contribution is -0.164. The van der Waals surface area contributed by atoms with Crippen LogP contribution in [0.25, 0.3) is 17.1 Å². The summed E-state index contributed by atoms with van der Waals surface area (Å²) in [5, 5.41) is 8.83. The first-order valence-corrected chi connectivity index (χ1v) is 14.3. The molecule has 12 heteroatoms. The molecule has 1 unspecified atom stereocenters. The van der Waals surface area contributed by atoms with Crippen molar-refractivity contribution in [3.05, 3.63) is 43.1 Å². The topological polar surface area (TPSA) is 108 Å². The first kappa shape index (κ1) is 29.8. The normalized spacial score (nSPS) is 24.3. The van der Waals surface area contributed by atoms with Crippen LogP contribution in [0.15, 0.2) is 43.1 Å². The lowest BCUT2D eigenvalue weighted by Gasteiger charge is -2.57. The first-order valence-electron chi connectivity index (χ1n) is 14.3. The van der Waals surface area contributed by atoms with Gasteiger partial charge in [-0.25, -0.2) is 14.4 Å². The predicted molar refractivity (Wildman–Crippen MR) is 155 cm³/mol. The van der Waals surface area contributed by atoms with Gasteiger partial charge in [0.05, 0.1) is 36.4 Å². The van der Waals surface area contributed by atoms with Gasteiger partial charge >= 0.3 is 5.97 Å². The molecule has 0 amide bonds. The summed E-state index contributed by atoms with van der Waals surface area (Å²) in [5.74, 6) is 1.07. The van der Waals surface area contributed by atoms with Gasteiger partial charge in [-0.15, -0.1) is 10.2 Å². The SMILES string of the molecule is COCOc1cc(-n2ccnc2)ccc1-c1ncc(N(C)[C@H]2C[C@]3(C)CCCC([C@H]2F)N3CC(=O)OC(C)(C)C)nn1. The third kappa shape index (κ3) is 6.24. The van der Waals surface area contributed by atoms with Crippen LogP contribution >= 0.6 is 0 Å². The van der Waals surface area contributed by atoms with Gasteiger partial charge in [-0.1, -0.05) is 0 Å². The maximum atomic E-state index is 16.2. The van der Waals surface area contributed by atoms with Crippen LogP contribution in [0, 0.1) is 0 Å². The van der Waals surface area contributed by atoms with E-state index in [4.69, 9.17) is 14.2 Å². The van der Waals surface area contributed by atoms with Gasteiger partial charge in [-0.05, 0) is 65.5 Å². The smallest absolute Gasteiger partial charge is 0.320 e. The number of rotatable bonds is 9. The highest BCUT2D eigenvalue weighted by Crippen LogP contribution is 2.45. The summed E-state index contributed by atoms with van der Waals surface area (Å²) in [7, 11) is 3.38. The number of carbonyl (C=O) groups excluding carboxylic acids is 1. The van der Waals surface area contributed by atoms with Crippen LogP contribution in [-0.4, -0.2) is 92.5 Å². The van der Waals surface area contributed by atoms with Crippen LogP contribution in [0.3, 0.4) is 0 Å². The first-order chi connectivity index (χ1) is 20.0. The van der Waals surface area contributed by atoms with Crippen LogP contribution in [-0.2, 0) is 14.3 Å². The molecule has 11 nitrogen and oxygen atoms in total. The number of nitrogens with zero attached hydrogens (tertiary/aromatic N) is 7. The Bertz CT molecular complexity index is 1360. The standard InChI is InChI=1S/C30H40FN7O4/c1-29(2,3)42-26(39)17-38-22-8-7-11-30(38,4)15-23(27(22)31)36(5)25-16-33-28(35-34-25)21-10-9-20(37-13-12-32-18-37)14-24(21)41-19-40-6/h9-10,12-14,16,18,22-23,27H,7-8,11,15,17,19H2,1-6H3/t22?,23-,27+,30-/m0/s1. The van der Waals surface area contributed by atoms with Gasteiger partial charge in [-0.2, -0.15) is 0 Å². The Morgan fingerprint density at radius 2 is 2.07 bits per heavy atom. The zero-order chi connectivity index (χ0) is 30.1. The van der Waals surface area contributed by atoms with Crippen molar-refractivity contribution in [1.29, 1.82) is 0 Å². The van der Waals surface area contributed by atoms with E-state index in [2.05, 4.69) is 27.1 Å². The molecular formula is C30H40FN7O4. The summed E-state index contributed by atoms with van der Waals surface area (Å²) < 4.78 is 34.6. The van der Waals surface area contributed by atoms with E-state index in [1.807, 2.05) is 66.6 Å². The maximum absolute atomic E-state index is 16.2. The van der Waals surface area contributed by atoms with Gasteiger partial charge in [0.2, 0.25) is 0 Å². The number of alkyl halides is 1. The van der Waals surface area contributed by atoms with Crippen molar-refractivity contribution in [2.24, 2.45) is 0 Å². The molecular weight excluding hydrogens is 541 g/mol. The highest BCUT2D eigenvalue weighted by atomic mass is 19.1. The maximum Gasteiger partial charge on any atom is 0.320 e. The van der Waals surface area contributed by atoms with Crippen LogP contribution in [0.4, 0.5) is 10.2 Å². The highest BCUT2D eigenvalue weighted by Gasteiger charge is 2.53. The number of carbonyl (C=O) groups is 1. The molecule has 0 spiro atoms. The molecule has 2 saturated heterocycles. The number of methoxy groups -OCH3 is 1. The van der Waals surface area contributed by atoms with Gasteiger partial charge in [0.25, 0.3) is 0 Å². The van der Waals surface area contributed by atoms with E-state index in [1.54, 1.807) is 25.8 Å². The van der Waals surface area contributed by atoms with Crippen LogP contribution in [0.1, 0.15) is 53.4 Å². The number of piperidine rings is 2. The second-order valence-corrected chi connectivity index (χ2v) is 12.3. The molecule has 3 aromatic rings. The quantitative estimate of drug-likeness (QED) is 0.269. The van der Waals surface area contributed by atoms with E-state index in [9.17, 15) is 4.79 Å². The molecule has 42 heavy (non-hydrogen) atoms. The van der Waals surface area contributed by atoms with Gasteiger partial charge < -0.3 is 23.7 Å². The van der Waals surface area contributed by atoms with Crippen LogP contribution in [0.2, 0.25) is 0 Å². The zero-order valence-corrected chi connectivity index (χ0v) is 25.2. The second-order valence-electron chi connectivity index (χ2n) is 12.3. The number of esters is 1. The second kappa shape index (κ2) is 11.9. The Balaban J connectivity index is 1.34. The minimum absolute atomic E-state index is 0.0546. The fraction of sp³-hybridized carbons (Fsp3) is 0.567. The Morgan fingerprint density at radius 3 is 2.74 bits per heavy atom. The molecule has 0 N–H and O–H groups in total. The molecule has 0 aliphatic carbocycles. The van der Waals surface area contributed by atoms with E-state index in [0.717, 1.165) is 18.5 Å². The van der Waals surface area contributed by atoms with Crippen molar-refractivity contribution in [2.75, 3.05) is 32.4 Å². The molecule has 2 bridgehead atoms. The summed E-state index contributed by atoms with van der Waals surface area (Å²) in [4.78, 5) is 25.3. The summed E-state index contributed by atoms with van der Waals surface area (Å²) in [6.45, 7) is 7.79. The largest absolute Gasteiger partial charge is 0.467 e. The third-order valence-corrected chi connectivity index (χ3v) is 8.16. The Labute approximate surface area is 246 Å². The number of hydrogen-bond acceptors (Lipinski definition) is 10. The number of hydrogen-bond donors (Lipinski definition) is 0. The van der Waals surface area contributed by atoms with Gasteiger partial charge in [0.15, 0.2) is 18.4 Å². The predicted octanol–water partition coefficient (Wildman–Crippen LogP) is 4.21. The number of fused-ring (bicyclic) bond motifs is 2. The molecule has 226 valence electrons. The van der Waals surface area contributed by atoms with E-state index < -0.39 is 17.8 Å². The average Bonchev–Trinajstić information content (AvgIpc) is 3.49. The fourth-order valence-corrected chi connectivity index (χ4v) is 6.17. The Morgan fingerprint density at radius 1 is 1.26 bits per heavy atom. The molecule has 4 heterocycles. The van der Waals surface area contributed by atoms with Gasteiger partial charge in [-0.3, -0.25) is 9.69 Å². The number of benzene rings is 1. The molecule has 1 aromatic carbocycles. The zero-order valence-electron chi connectivity index (χ0n) is 25.2. The van der Waals surface area contributed by atoms with Crippen LogP contribution in [0.5, 0.6) is 5.75 Å². The minimum Gasteiger partial charge on any atom is -0.467 e.